The van der Waals surface area contributed by atoms with Gasteiger partial charge in [0, 0.05) is 12.5 Å². The van der Waals surface area contributed by atoms with Gasteiger partial charge in [0.1, 0.15) is 6.07 Å². The molecule has 0 aliphatic carbocycles. The highest BCUT2D eigenvalue weighted by Gasteiger charge is 2.27. The van der Waals surface area contributed by atoms with Crippen LogP contribution in [0.3, 0.4) is 0 Å². The van der Waals surface area contributed by atoms with Crippen LogP contribution in [0, 0.1) is 11.3 Å². The molecule has 0 aromatic rings. The molecule has 0 amide bonds. The van der Waals surface area contributed by atoms with Crippen molar-refractivity contribution in [3.05, 3.63) is 12.2 Å². The molecular formula is C8H8N2O3. The molecule has 5 nitrogen and oxygen atoms in total. The fourth-order valence-corrected chi connectivity index (χ4v) is 0.425. The number of hydrogen-bond donors (Lipinski definition) is 0. The Labute approximate surface area is 75.3 Å². The summed E-state index contributed by atoms with van der Waals surface area (Å²) in [6.45, 7) is 5.91. The molecule has 0 aromatic carbocycles. The summed E-state index contributed by atoms with van der Waals surface area (Å²) in [5.41, 5.74) is -1.68. The average Bonchev–Trinajstić information content (AvgIpc) is 2.04. The van der Waals surface area contributed by atoms with Crippen LogP contribution >= 0.6 is 0 Å². The van der Waals surface area contributed by atoms with Crippen LogP contribution in [0.25, 0.3) is 0 Å². The average molecular weight is 180 g/mol. The van der Waals surface area contributed by atoms with Crippen LogP contribution in [-0.2, 0) is 14.3 Å². The van der Waals surface area contributed by atoms with Gasteiger partial charge in [-0.05, 0) is 6.92 Å². The third-order valence-electron chi connectivity index (χ3n) is 1.11. The molecule has 0 aliphatic rings. The van der Waals surface area contributed by atoms with E-state index in [-0.39, 0.29) is 5.57 Å². The first-order valence-electron chi connectivity index (χ1n) is 3.34. The summed E-state index contributed by atoms with van der Waals surface area (Å²) in [5.74, 6) is -0.775. The molecule has 68 valence electrons. The van der Waals surface area contributed by atoms with Gasteiger partial charge in [0.05, 0.1) is 0 Å². The SMILES string of the molecule is C=C(C)C(=O)OC(C)(C#N)N=C=O. The second kappa shape index (κ2) is 4.19. The summed E-state index contributed by atoms with van der Waals surface area (Å²) in [5, 5.41) is 8.52. The number of esters is 1. The second-order valence-corrected chi connectivity index (χ2v) is 2.47. The first-order valence-corrected chi connectivity index (χ1v) is 3.34. The zero-order valence-electron chi connectivity index (χ0n) is 7.33. The molecule has 0 N–H and O–H groups in total. The molecule has 0 aliphatic heterocycles. The Morgan fingerprint density at radius 2 is 2.23 bits per heavy atom. The van der Waals surface area contributed by atoms with Crippen molar-refractivity contribution in [2.45, 2.75) is 19.6 Å². The summed E-state index contributed by atoms with van der Waals surface area (Å²) in [6.07, 6.45) is 1.15. The van der Waals surface area contributed by atoms with Crippen molar-refractivity contribution in [3.63, 3.8) is 0 Å². The number of carbonyl (C=O) groups excluding carboxylic acids is 2. The van der Waals surface area contributed by atoms with Crippen molar-refractivity contribution in [1.82, 2.24) is 0 Å². The van der Waals surface area contributed by atoms with Gasteiger partial charge in [-0.2, -0.15) is 5.26 Å². The van der Waals surface area contributed by atoms with E-state index in [2.05, 4.69) is 16.3 Å². The Morgan fingerprint density at radius 1 is 1.69 bits per heavy atom. The predicted octanol–water partition coefficient (Wildman–Crippen LogP) is 0.681. The molecule has 0 rings (SSSR count). The number of ether oxygens (including phenoxy) is 1. The molecule has 0 bridgehead atoms. The van der Waals surface area contributed by atoms with Gasteiger partial charge in [0.15, 0.2) is 0 Å². The van der Waals surface area contributed by atoms with E-state index >= 15 is 0 Å². The molecule has 0 radical (unpaired) electrons. The number of carbonyl (C=O) groups is 1. The Morgan fingerprint density at radius 3 is 2.54 bits per heavy atom. The minimum Gasteiger partial charge on any atom is -0.419 e. The summed E-state index contributed by atoms with van der Waals surface area (Å²) in [7, 11) is 0. The van der Waals surface area contributed by atoms with Crippen LogP contribution in [0.15, 0.2) is 17.1 Å². The van der Waals surface area contributed by atoms with Gasteiger partial charge in [0.2, 0.25) is 6.08 Å². The molecule has 0 fully saturated rings. The van der Waals surface area contributed by atoms with Crippen LogP contribution in [0.1, 0.15) is 13.8 Å². The lowest BCUT2D eigenvalue weighted by atomic mass is 10.3. The highest BCUT2D eigenvalue weighted by Crippen LogP contribution is 2.12. The monoisotopic (exact) mass is 180 g/mol. The van der Waals surface area contributed by atoms with Gasteiger partial charge < -0.3 is 4.74 Å². The van der Waals surface area contributed by atoms with Crippen molar-refractivity contribution < 1.29 is 14.3 Å². The lowest BCUT2D eigenvalue weighted by Gasteiger charge is -2.14. The van der Waals surface area contributed by atoms with Crippen LogP contribution in [0.2, 0.25) is 0 Å². The second-order valence-electron chi connectivity index (χ2n) is 2.47. The fraction of sp³-hybridized carbons (Fsp3) is 0.375. The van der Waals surface area contributed by atoms with E-state index in [4.69, 9.17) is 5.26 Å². The number of hydrogen-bond acceptors (Lipinski definition) is 5. The predicted molar refractivity (Wildman–Crippen MR) is 43.0 cm³/mol. The third-order valence-corrected chi connectivity index (χ3v) is 1.11. The zero-order chi connectivity index (χ0) is 10.5. The molecular weight excluding hydrogens is 172 g/mol. The van der Waals surface area contributed by atoms with Crippen LogP contribution in [0.5, 0.6) is 0 Å². The van der Waals surface area contributed by atoms with Gasteiger partial charge in [-0.3, -0.25) is 0 Å². The molecule has 0 spiro atoms. The van der Waals surface area contributed by atoms with Gasteiger partial charge >= 0.3 is 5.97 Å². The number of nitriles is 1. The van der Waals surface area contributed by atoms with Crippen molar-refractivity contribution in [1.29, 1.82) is 5.26 Å². The van der Waals surface area contributed by atoms with E-state index in [0.717, 1.165) is 6.08 Å². The van der Waals surface area contributed by atoms with Crippen molar-refractivity contribution >= 4 is 12.0 Å². The molecule has 0 saturated carbocycles. The number of aliphatic imine (C=N–C) groups is 1. The third kappa shape index (κ3) is 3.32. The van der Waals surface area contributed by atoms with Gasteiger partial charge in [0.25, 0.3) is 5.72 Å². The molecule has 0 saturated heterocycles. The van der Waals surface area contributed by atoms with Gasteiger partial charge in [-0.1, -0.05) is 6.58 Å². The van der Waals surface area contributed by atoms with E-state index in [1.54, 1.807) is 6.07 Å². The molecule has 1 unspecified atom stereocenters. The number of isocyanates is 1. The summed E-state index contributed by atoms with van der Waals surface area (Å²) >= 11 is 0. The van der Waals surface area contributed by atoms with E-state index in [9.17, 15) is 9.59 Å². The maximum absolute atomic E-state index is 10.9. The van der Waals surface area contributed by atoms with Crippen molar-refractivity contribution in [3.8, 4) is 6.07 Å². The first-order chi connectivity index (χ1) is 5.95. The van der Waals surface area contributed by atoms with Crippen molar-refractivity contribution in [2.75, 3.05) is 0 Å². The lowest BCUT2D eigenvalue weighted by Crippen LogP contribution is -2.27. The quantitative estimate of drug-likeness (QED) is 0.277. The molecule has 5 heteroatoms. The number of nitrogens with zero attached hydrogens (tertiary/aromatic N) is 2. The van der Waals surface area contributed by atoms with E-state index in [1.165, 1.54) is 13.8 Å². The minimum atomic E-state index is -1.81. The summed E-state index contributed by atoms with van der Waals surface area (Å²) in [6, 6.07) is 1.55. The smallest absolute Gasteiger partial charge is 0.336 e. The fourth-order valence-electron chi connectivity index (χ4n) is 0.425. The maximum Gasteiger partial charge on any atom is 0.336 e. The van der Waals surface area contributed by atoms with Crippen LogP contribution in [-0.4, -0.2) is 17.8 Å². The van der Waals surface area contributed by atoms with E-state index < -0.39 is 11.7 Å². The Balaban J connectivity index is 4.66. The summed E-state index contributed by atoms with van der Waals surface area (Å²) < 4.78 is 4.56. The zero-order valence-corrected chi connectivity index (χ0v) is 7.33. The minimum absolute atomic E-state index is 0.127. The molecule has 0 aromatic heterocycles. The number of rotatable bonds is 3. The first kappa shape index (κ1) is 11.1. The molecule has 1 atom stereocenters. The van der Waals surface area contributed by atoms with Crippen molar-refractivity contribution in [2.24, 2.45) is 4.99 Å². The highest BCUT2D eigenvalue weighted by molar-refractivity contribution is 5.87. The molecule has 0 heterocycles. The molecule has 13 heavy (non-hydrogen) atoms. The maximum atomic E-state index is 10.9. The Hall–Kier alpha value is -1.92. The lowest BCUT2D eigenvalue weighted by molar-refractivity contribution is -0.147. The Bertz CT molecular complexity index is 323. The van der Waals surface area contributed by atoms with Crippen LogP contribution < -0.4 is 0 Å². The highest BCUT2D eigenvalue weighted by atomic mass is 16.6. The van der Waals surface area contributed by atoms with E-state index in [0.29, 0.717) is 0 Å². The van der Waals surface area contributed by atoms with Gasteiger partial charge in [-0.25, -0.2) is 9.59 Å². The Kier molecular flexibility index (Phi) is 3.57. The van der Waals surface area contributed by atoms with Gasteiger partial charge in [-0.15, -0.1) is 4.99 Å². The standard InChI is InChI=1S/C8H8N2O3/c1-6(2)7(12)13-8(3,4-9)10-5-11/h1H2,2-3H3. The van der Waals surface area contributed by atoms with E-state index in [1.807, 2.05) is 0 Å². The summed E-state index contributed by atoms with van der Waals surface area (Å²) in [4.78, 5) is 23.8. The van der Waals surface area contributed by atoms with Crippen LogP contribution in [0.4, 0.5) is 0 Å². The largest absolute Gasteiger partial charge is 0.419 e. The topological polar surface area (TPSA) is 79.5 Å². The normalized spacial score (nSPS) is 13.0.